The van der Waals surface area contributed by atoms with Gasteiger partial charge in [-0.25, -0.2) is 0 Å². The van der Waals surface area contributed by atoms with Crippen molar-refractivity contribution in [2.24, 2.45) is 0 Å². The van der Waals surface area contributed by atoms with E-state index in [-0.39, 0.29) is 0 Å². The predicted molar refractivity (Wildman–Crippen MR) is 117 cm³/mol. The van der Waals surface area contributed by atoms with Crippen LogP contribution < -0.4 is 4.90 Å². The van der Waals surface area contributed by atoms with Crippen molar-refractivity contribution in [2.45, 2.75) is 12.8 Å². The van der Waals surface area contributed by atoms with Crippen molar-refractivity contribution in [2.75, 3.05) is 11.4 Å². The Hall–Kier alpha value is -3.39. The number of para-hydroxylation sites is 1. The first-order valence-electron chi connectivity index (χ1n) is 9.87. The van der Waals surface area contributed by atoms with Gasteiger partial charge < -0.3 is 4.90 Å². The topological polar surface area (TPSA) is 16.1 Å². The lowest BCUT2D eigenvalue weighted by Gasteiger charge is -2.32. The first kappa shape index (κ1) is 16.8. The molecule has 0 aliphatic carbocycles. The second kappa shape index (κ2) is 7.32. The van der Waals surface area contributed by atoms with Gasteiger partial charge >= 0.3 is 0 Å². The highest BCUT2D eigenvalue weighted by Crippen LogP contribution is 2.39. The molecule has 0 fully saturated rings. The smallest absolute Gasteiger partial charge is 0.0785 e. The molecule has 0 amide bonds. The summed E-state index contributed by atoms with van der Waals surface area (Å²) in [4.78, 5) is 7.60. The Morgan fingerprint density at radius 2 is 1.29 bits per heavy atom. The SMILES string of the molecule is c1ccc(-c2cc3c(nc2-c2ccccc2)CCCN3c2ccccc2)cc1. The minimum absolute atomic E-state index is 1.02. The molecule has 0 unspecified atom stereocenters. The fourth-order valence-corrected chi connectivity index (χ4v) is 4.01. The maximum atomic E-state index is 5.19. The molecule has 0 bridgehead atoms. The summed E-state index contributed by atoms with van der Waals surface area (Å²) in [6.45, 7) is 1.03. The van der Waals surface area contributed by atoms with E-state index < -0.39 is 0 Å². The normalized spacial score (nSPS) is 13.2. The average molecular weight is 362 g/mol. The quantitative estimate of drug-likeness (QED) is 0.413. The Kier molecular flexibility index (Phi) is 4.38. The molecule has 3 aromatic carbocycles. The number of hydrogen-bond acceptors (Lipinski definition) is 2. The standard InChI is InChI=1S/C26H22N2/c1-4-11-20(12-5-1)23-19-25-24(27-26(23)21-13-6-2-7-14-21)17-10-18-28(25)22-15-8-3-9-16-22/h1-9,11-16,19H,10,17-18H2. The number of pyridine rings is 1. The number of rotatable bonds is 3. The minimum atomic E-state index is 1.02. The van der Waals surface area contributed by atoms with Gasteiger partial charge in [0, 0.05) is 23.4 Å². The van der Waals surface area contributed by atoms with Crippen LogP contribution in [-0.4, -0.2) is 11.5 Å². The Bertz CT molecular complexity index is 1070. The van der Waals surface area contributed by atoms with E-state index >= 15 is 0 Å². The fourth-order valence-electron chi connectivity index (χ4n) is 4.01. The number of fused-ring (bicyclic) bond motifs is 1. The Morgan fingerprint density at radius 3 is 1.96 bits per heavy atom. The zero-order valence-corrected chi connectivity index (χ0v) is 15.8. The van der Waals surface area contributed by atoms with Crippen LogP contribution in [0.3, 0.4) is 0 Å². The number of aromatic nitrogens is 1. The number of hydrogen-bond donors (Lipinski definition) is 0. The molecule has 5 rings (SSSR count). The molecule has 1 aliphatic rings. The van der Waals surface area contributed by atoms with E-state index in [2.05, 4.69) is 102 Å². The maximum Gasteiger partial charge on any atom is 0.0785 e. The van der Waals surface area contributed by atoms with Crippen LogP contribution in [0.5, 0.6) is 0 Å². The lowest BCUT2D eigenvalue weighted by molar-refractivity contribution is 0.746. The molecule has 4 aromatic rings. The van der Waals surface area contributed by atoms with Gasteiger partial charge in [0.15, 0.2) is 0 Å². The third-order valence-electron chi connectivity index (χ3n) is 5.36. The highest BCUT2D eigenvalue weighted by Gasteiger charge is 2.23. The number of anilines is 2. The molecule has 2 heteroatoms. The van der Waals surface area contributed by atoms with Crippen LogP contribution >= 0.6 is 0 Å². The summed E-state index contributed by atoms with van der Waals surface area (Å²) >= 11 is 0. The second-order valence-electron chi connectivity index (χ2n) is 7.17. The van der Waals surface area contributed by atoms with Gasteiger partial charge in [-0.1, -0.05) is 78.9 Å². The van der Waals surface area contributed by atoms with Gasteiger partial charge in [-0.2, -0.15) is 0 Å². The molecule has 0 radical (unpaired) electrons. The van der Waals surface area contributed by atoms with Crippen molar-refractivity contribution in [3.8, 4) is 22.4 Å². The van der Waals surface area contributed by atoms with Crippen molar-refractivity contribution < 1.29 is 0 Å². The molecule has 136 valence electrons. The Labute approximate surface area is 166 Å². The summed E-state index contributed by atoms with van der Waals surface area (Å²) < 4.78 is 0. The van der Waals surface area contributed by atoms with Crippen molar-refractivity contribution in [1.29, 1.82) is 0 Å². The Morgan fingerprint density at radius 1 is 0.679 bits per heavy atom. The molecule has 0 N–H and O–H groups in total. The summed E-state index contributed by atoms with van der Waals surface area (Å²) in [6, 6.07) is 34.1. The lowest BCUT2D eigenvalue weighted by Crippen LogP contribution is -2.25. The lowest BCUT2D eigenvalue weighted by atomic mass is 9.95. The van der Waals surface area contributed by atoms with Gasteiger partial charge in [0.1, 0.15) is 0 Å². The summed E-state index contributed by atoms with van der Waals surface area (Å²) in [5.41, 5.74) is 8.28. The van der Waals surface area contributed by atoms with Gasteiger partial charge in [0.05, 0.1) is 17.1 Å². The van der Waals surface area contributed by atoms with Crippen LogP contribution in [0, 0.1) is 0 Å². The van der Waals surface area contributed by atoms with Crippen LogP contribution in [0.15, 0.2) is 97.1 Å². The predicted octanol–water partition coefficient (Wildman–Crippen LogP) is 6.50. The largest absolute Gasteiger partial charge is 0.340 e. The van der Waals surface area contributed by atoms with Crippen LogP contribution in [-0.2, 0) is 6.42 Å². The van der Waals surface area contributed by atoms with Gasteiger partial charge in [-0.15, -0.1) is 0 Å². The number of benzene rings is 3. The van der Waals surface area contributed by atoms with E-state index in [0.29, 0.717) is 0 Å². The monoisotopic (exact) mass is 362 g/mol. The molecule has 0 saturated heterocycles. The third-order valence-corrected chi connectivity index (χ3v) is 5.36. The summed E-state index contributed by atoms with van der Waals surface area (Å²) in [6.07, 6.45) is 2.14. The summed E-state index contributed by atoms with van der Waals surface area (Å²) in [5, 5.41) is 0. The highest BCUT2D eigenvalue weighted by molar-refractivity contribution is 5.85. The first-order chi connectivity index (χ1) is 13.9. The number of nitrogens with zero attached hydrogens (tertiary/aromatic N) is 2. The van der Waals surface area contributed by atoms with Crippen molar-refractivity contribution in [3.05, 3.63) is 103 Å². The second-order valence-corrected chi connectivity index (χ2v) is 7.17. The van der Waals surface area contributed by atoms with Crippen LogP contribution in [0.2, 0.25) is 0 Å². The van der Waals surface area contributed by atoms with Gasteiger partial charge in [-0.05, 0) is 36.6 Å². The summed E-state index contributed by atoms with van der Waals surface area (Å²) in [5.74, 6) is 0. The van der Waals surface area contributed by atoms with Crippen LogP contribution in [0.25, 0.3) is 22.4 Å². The fraction of sp³-hybridized carbons (Fsp3) is 0.115. The van der Waals surface area contributed by atoms with E-state index in [9.17, 15) is 0 Å². The minimum Gasteiger partial charge on any atom is -0.340 e. The zero-order valence-electron chi connectivity index (χ0n) is 15.8. The molecule has 28 heavy (non-hydrogen) atoms. The van der Waals surface area contributed by atoms with Gasteiger partial charge in [0.25, 0.3) is 0 Å². The Balaban J connectivity index is 1.72. The molecular weight excluding hydrogens is 340 g/mol. The third kappa shape index (κ3) is 3.07. The van der Waals surface area contributed by atoms with Crippen molar-refractivity contribution >= 4 is 11.4 Å². The maximum absolute atomic E-state index is 5.19. The summed E-state index contributed by atoms with van der Waals surface area (Å²) in [7, 11) is 0. The van der Waals surface area contributed by atoms with E-state index in [4.69, 9.17) is 4.98 Å². The zero-order chi connectivity index (χ0) is 18.8. The van der Waals surface area contributed by atoms with E-state index in [0.717, 1.165) is 25.1 Å². The molecular formula is C26H22N2. The number of aryl methyl sites for hydroxylation is 1. The molecule has 1 aromatic heterocycles. The van der Waals surface area contributed by atoms with E-state index in [1.54, 1.807) is 0 Å². The van der Waals surface area contributed by atoms with Gasteiger partial charge in [0.2, 0.25) is 0 Å². The first-order valence-corrected chi connectivity index (χ1v) is 9.87. The van der Waals surface area contributed by atoms with Gasteiger partial charge in [-0.3, -0.25) is 4.98 Å². The molecule has 1 aliphatic heterocycles. The van der Waals surface area contributed by atoms with Crippen molar-refractivity contribution in [1.82, 2.24) is 4.98 Å². The van der Waals surface area contributed by atoms with Crippen LogP contribution in [0.4, 0.5) is 11.4 Å². The molecule has 0 spiro atoms. The highest BCUT2D eigenvalue weighted by atomic mass is 15.2. The van der Waals surface area contributed by atoms with E-state index in [1.807, 2.05) is 0 Å². The average Bonchev–Trinajstić information content (AvgIpc) is 2.79. The van der Waals surface area contributed by atoms with Crippen LogP contribution in [0.1, 0.15) is 12.1 Å². The molecule has 0 atom stereocenters. The molecule has 2 nitrogen and oxygen atoms in total. The molecule has 0 saturated carbocycles. The van der Waals surface area contributed by atoms with Crippen molar-refractivity contribution in [3.63, 3.8) is 0 Å². The molecule has 2 heterocycles. The van der Waals surface area contributed by atoms with E-state index in [1.165, 1.54) is 33.8 Å².